The topological polar surface area (TPSA) is 72.9 Å². The van der Waals surface area contributed by atoms with E-state index in [1.807, 2.05) is 30.3 Å². The monoisotopic (exact) mass is 387 g/mol. The normalized spacial score (nSPS) is 12.7. The van der Waals surface area contributed by atoms with Crippen LogP contribution < -0.4 is 9.64 Å². The van der Waals surface area contributed by atoms with Crippen molar-refractivity contribution in [1.82, 2.24) is 0 Å². The summed E-state index contributed by atoms with van der Waals surface area (Å²) in [5.41, 5.74) is 2.28. The van der Waals surface area contributed by atoms with E-state index in [1.54, 1.807) is 30.3 Å². The highest BCUT2D eigenvalue weighted by Gasteiger charge is 2.39. The molecule has 0 saturated heterocycles. The zero-order valence-corrected chi connectivity index (χ0v) is 15.8. The molecule has 0 fully saturated rings. The van der Waals surface area contributed by atoms with Crippen molar-refractivity contribution in [1.29, 1.82) is 0 Å². The summed E-state index contributed by atoms with van der Waals surface area (Å²) in [5, 5.41) is 0. The standard InChI is InChI=1S/C23H17NO5/c1-28-20-13-19(24-21(25)15-10-6-7-11-16(15)22(24)26)18(23(27)29-2)12-17(20)14-8-4-3-5-9-14/h3-13H,1-2H3. The van der Waals surface area contributed by atoms with E-state index in [4.69, 9.17) is 9.47 Å². The third kappa shape index (κ3) is 2.95. The highest BCUT2D eigenvalue weighted by atomic mass is 16.5. The molecule has 6 nitrogen and oxygen atoms in total. The quantitative estimate of drug-likeness (QED) is 0.501. The number of imide groups is 1. The summed E-state index contributed by atoms with van der Waals surface area (Å²) in [5.74, 6) is -1.22. The first-order valence-electron chi connectivity index (χ1n) is 8.90. The number of amides is 2. The zero-order chi connectivity index (χ0) is 20.5. The van der Waals surface area contributed by atoms with Crippen molar-refractivity contribution in [2.24, 2.45) is 0 Å². The molecule has 29 heavy (non-hydrogen) atoms. The summed E-state index contributed by atoms with van der Waals surface area (Å²) in [6.45, 7) is 0. The number of carbonyl (C=O) groups is 3. The van der Waals surface area contributed by atoms with E-state index < -0.39 is 17.8 Å². The molecule has 2 amide bonds. The predicted molar refractivity (Wildman–Crippen MR) is 107 cm³/mol. The fourth-order valence-corrected chi connectivity index (χ4v) is 3.45. The van der Waals surface area contributed by atoms with Crippen LogP contribution in [0.3, 0.4) is 0 Å². The van der Waals surface area contributed by atoms with E-state index in [0.717, 1.165) is 10.5 Å². The van der Waals surface area contributed by atoms with Gasteiger partial charge >= 0.3 is 5.97 Å². The minimum Gasteiger partial charge on any atom is -0.496 e. The number of methoxy groups -OCH3 is 2. The van der Waals surface area contributed by atoms with Crippen molar-refractivity contribution in [3.05, 3.63) is 83.4 Å². The molecule has 1 aliphatic heterocycles. The molecule has 0 saturated carbocycles. The van der Waals surface area contributed by atoms with Gasteiger partial charge in [0.25, 0.3) is 11.8 Å². The van der Waals surface area contributed by atoms with Gasteiger partial charge < -0.3 is 9.47 Å². The average molecular weight is 387 g/mol. The predicted octanol–water partition coefficient (Wildman–Crippen LogP) is 3.95. The van der Waals surface area contributed by atoms with E-state index in [0.29, 0.717) is 22.4 Å². The Hall–Kier alpha value is -3.93. The Morgan fingerprint density at radius 1 is 0.793 bits per heavy atom. The van der Waals surface area contributed by atoms with Gasteiger partial charge in [-0.3, -0.25) is 9.59 Å². The molecule has 1 aliphatic rings. The Bertz CT molecular complexity index is 1100. The van der Waals surface area contributed by atoms with Crippen LogP contribution in [0.1, 0.15) is 31.1 Å². The molecule has 6 heteroatoms. The molecule has 0 unspecified atom stereocenters. The van der Waals surface area contributed by atoms with Gasteiger partial charge in [0.15, 0.2) is 0 Å². The number of ether oxygens (including phenoxy) is 2. The van der Waals surface area contributed by atoms with Crippen LogP contribution in [0.2, 0.25) is 0 Å². The Labute approximate surface area is 167 Å². The molecule has 144 valence electrons. The molecule has 3 aromatic rings. The lowest BCUT2D eigenvalue weighted by atomic mass is 9.99. The van der Waals surface area contributed by atoms with Gasteiger partial charge in [-0.25, -0.2) is 9.69 Å². The number of nitrogens with zero attached hydrogens (tertiary/aromatic N) is 1. The molecular weight excluding hydrogens is 370 g/mol. The van der Waals surface area contributed by atoms with Crippen LogP contribution in [0.25, 0.3) is 11.1 Å². The Morgan fingerprint density at radius 3 is 1.93 bits per heavy atom. The van der Waals surface area contributed by atoms with Crippen LogP contribution in [-0.4, -0.2) is 32.0 Å². The van der Waals surface area contributed by atoms with Gasteiger partial charge in [-0.2, -0.15) is 0 Å². The Balaban J connectivity index is 1.93. The van der Waals surface area contributed by atoms with Crippen LogP contribution in [0.4, 0.5) is 5.69 Å². The lowest BCUT2D eigenvalue weighted by Gasteiger charge is -2.20. The van der Waals surface area contributed by atoms with Crippen LogP contribution >= 0.6 is 0 Å². The minimum atomic E-state index is -0.656. The van der Waals surface area contributed by atoms with E-state index in [-0.39, 0.29) is 11.3 Å². The second-order valence-corrected chi connectivity index (χ2v) is 6.42. The molecule has 0 bridgehead atoms. The van der Waals surface area contributed by atoms with Gasteiger partial charge in [0.1, 0.15) is 5.75 Å². The summed E-state index contributed by atoms with van der Waals surface area (Å²) >= 11 is 0. The van der Waals surface area contributed by atoms with Crippen molar-refractivity contribution in [3.8, 4) is 16.9 Å². The number of hydrogen-bond donors (Lipinski definition) is 0. The van der Waals surface area contributed by atoms with Gasteiger partial charge in [-0.05, 0) is 23.8 Å². The fraction of sp³-hybridized carbons (Fsp3) is 0.0870. The first-order valence-corrected chi connectivity index (χ1v) is 8.90. The molecule has 0 spiro atoms. The first kappa shape index (κ1) is 18.4. The number of benzene rings is 3. The molecule has 4 rings (SSSR count). The highest BCUT2D eigenvalue weighted by Crippen LogP contribution is 2.39. The number of fused-ring (bicyclic) bond motifs is 1. The van der Waals surface area contributed by atoms with E-state index >= 15 is 0 Å². The average Bonchev–Trinajstić information content (AvgIpc) is 3.03. The number of esters is 1. The maximum absolute atomic E-state index is 12.9. The molecule has 0 aromatic heterocycles. The number of carbonyl (C=O) groups excluding carboxylic acids is 3. The second kappa shape index (κ2) is 7.24. The van der Waals surface area contributed by atoms with Crippen LogP contribution in [0, 0.1) is 0 Å². The molecule has 0 atom stereocenters. The molecule has 3 aromatic carbocycles. The summed E-state index contributed by atoms with van der Waals surface area (Å²) in [6, 6.07) is 19.0. The van der Waals surface area contributed by atoms with Gasteiger partial charge in [0, 0.05) is 11.6 Å². The van der Waals surface area contributed by atoms with Crippen molar-refractivity contribution < 1.29 is 23.9 Å². The molecule has 0 aliphatic carbocycles. The van der Waals surface area contributed by atoms with Crippen LogP contribution in [-0.2, 0) is 4.74 Å². The maximum Gasteiger partial charge on any atom is 0.340 e. The van der Waals surface area contributed by atoms with Gasteiger partial charge in [0.2, 0.25) is 0 Å². The summed E-state index contributed by atoms with van der Waals surface area (Å²) in [7, 11) is 2.74. The highest BCUT2D eigenvalue weighted by molar-refractivity contribution is 6.35. The largest absolute Gasteiger partial charge is 0.496 e. The fourth-order valence-electron chi connectivity index (χ4n) is 3.45. The lowest BCUT2D eigenvalue weighted by Crippen LogP contribution is -2.31. The van der Waals surface area contributed by atoms with Gasteiger partial charge in [-0.15, -0.1) is 0 Å². The number of anilines is 1. The van der Waals surface area contributed by atoms with Crippen molar-refractivity contribution >= 4 is 23.5 Å². The Morgan fingerprint density at radius 2 is 1.38 bits per heavy atom. The van der Waals surface area contributed by atoms with Gasteiger partial charge in [0.05, 0.1) is 36.6 Å². The third-order valence-electron chi connectivity index (χ3n) is 4.84. The van der Waals surface area contributed by atoms with E-state index in [2.05, 4.69) is 0 Å². The lowest BCUT2D eigenvalue weighted by molar-refractivity contribution is 0.0601. The molecule has 0 N–H and O–H groups in total. The van der Waals surface area contributed by atoms with Crippen LogP contribution in [0.5, 0.6) is 5.75 Å². The molecular formula is C23H17NO5. The van der Waals surface area contributed by atoms with Crippen LogP contribution in [0.15, 0.2) is 66.7 Å². The number of hydrogen-bond acceptors (Lipinski definition) is 5. The van der Waals surface area contributed by atoms with Crippen molar-refractivity contribution in [2.45, 2.75) is 0 Å². The molecule has 0 radical (unpaired) electrons. The zero-order valence-electron chi connectivity index (χ0n) is 15.8. The molecule has 1 heterocycles. The smallest absolute Gasteiger partial charge is 0.340 e. The Kier molecular flexibility index (Phi) is 4.60. The summed E-state index contributed by atoms with van der Waals surface area (Å²) in [6.07, 6.45) is 0. The summed E-state index contributed by atoms with van der Waals surface area (Å²) < 4.78 is 10.4. The first-order chi connectivity index (χ1) is 14.1. The second-order valence-electron chi connectivity index (χ2n) is 6.42. The third-order valence-corrected chi connectivity index (χ3v) is 4.84. The SMILES string of the molecule is COC(=O)c1cc(-c2ccccc2)c(OC)cc1N1C(=O)c2ccccc2C1=O. The van der Waals surface area contributed by atoms with Crippen molar-refractivity contribution in [3.63, 3.8) is 0 Å². The minimum absolute atomic E-state index is 0.0988. The number of rotatable bonds is 4. The maximum atomic E-state index is 12.9. The van der Waals surface area contributed by atoms with Crippen molar-refractivity contribution in [2.75, 3.05) is 19.1 Å². The van der Waals surface area contributed by atoms with E-state index in [1.165, 1.54) is 20.3 Å². The van der Waals surface area contributed by atoms with E-state index in [9.17, 15) is 14.4 Å². The summed E-state index contributed by atoms with van der Waals surface area (Å²) in [4.78, 5) is 39.4. The van der Waals surface area contributed by atoms with Gasteiger partial charge in [-0.1, -0.05) is 42.5 Å².